The molecule has 39 heavy (non-hydrogen) atoms. The fourth-order valence-electron chi connectivity index (χ4n) is 5.37. The molecule has 0 unspecified atom stereocenters. The molecule has 0 aliphatic heterocycles. The molecule has 210 valence electrons. The molecule has 6 N–H and O–H groups in total. The number of aliphatic imine (C=N–C) groups is 1. The van der Waals surface area contributed by atoms with Gasteiger partial charge in [0.2, 0.25) is 12.4 Å². The normalized spacial score (nSPS) is 21.2. The van der Waals surface area contributed by atoms with E-state index in [1.807, 2.05) is 60.7 Å². The van der Waals surface area contributed by atoms with Gasteiger partial charge in [0.25, 0.3) is 5.91 Å². The molecule has 2 amide bonds. The van der Waals surface area contributed by atoms with Crippen molar-refractivity contribution in [2.24, 2.45) is 33.0 Å². The summed E-state index contributed by atoms with van der Waals surface area (Å²) in [5.41, 5.74) is 10.2. The maximum atomic E-state index is 12.8. The van der Waals surface area contributed by atoms with Crippen LogP contribution in [0.15, 0.2) is 58.6 Å². The minimum Gasteiger partial charge on any atom is -0.368 e. The number of carbonyl (C=O) groups excluding carboxylic acids is 2. The fourth-order valence-corrected chi connectivity index (χ4v) is 5.56. The highest BCUT2D eigenvalue weighted by atomic mass is 35.5. The predicted molar refractivity (Wildman–Crippen MR) is 157 cm³/mol. The Bertz CT molecular complexity index is 1210. The van der Waals surface area contributed by atoms with Crippen molar-refractivity contribution in [3.8, 4) is 0 Å². The van der Waals surface area contributed by atoms with Gasteiger partial charge in [-0.1, -0.05) is 56.6 Å². The first kappa shape index (κ1) is 30.1. The number of nitrogens with one attached hydrogen (secondary N) is 2. The van der Waals surface area contributed by atoms with Crippen LogP contribution in [-0.2, 0) is 4.79 Å². The maximum absolute atomic E-state index is 12.8. The number of hydrazine groups is 1. The standard InChI is InChI=1S/C29H40ClN7O2/c1-19(23-7-6-8-25(30)17-23)34-29(15-13-24(14-16-29)28(3,4)5)37(18-38)20(2)21-9-11-22(12-10-21)26(39)33-27(31)35-36-32/h6-12,17-18,20,24,36H,13-16,32H2,1-5H3,(H3,31,33,35,39)/b34-19+/t20-,24?,29?/m1/s1. The fraction of sp³-hybridized carbons (Fsp3) is 0.448. The summed E-state index contributed by atoms with van der Waals surface area (Å²) >= 11 is 6.26. The zero-order valence-corrected chi connectivity index (χ0v) is 24.1. The van der Waals surface area contributed by atoms with E-state index in [0.717, 1.165) is 48.9 Å². The summed E-state index contributed by atoms with van der Waals surface area (Å²) in [4.78, 5) is 32.3. The first-order chi connectivity index (χ1) is 18.4. The lowest BCUT2D eigenvalue weighted by molar-refractivity contribution is -0.129. The summed E-state index contributed by atoms with van der Waals surface area (Å²) in [6.45, 7) is 10.8. The largest absolute Gasteiger partial charge is 0.368 e. The Hall–Kier alpha value is -3.43. The Labute approximate surface area is 236 Å². The zero-order valence-electron chi connectivity index (χ0n) is 23.4. The van der Waals surface area contributed by atoms with Gasteiger partial charge in [-0.05, 0) is 86.3 Å². The Morgan fingerprint density at radius 1 is 1.15 bits per heavy atom. The van der Waals surface area contributed by atoms with Crippen LogP contribution < -0.4 is 22.4 Å². The second-order valence-corrected chi connectivity index (χ2v) is 11.7. The Balaban J connectivity index is 1.94. The van der Waals surface area contributed by atoms with Crippen LogP contribution in [0.3, 0.4) is 0 Å². The molecule has 0 spiro atoms. The summed E-state index contributed by atoms with van der Waals surface area (Å²) in [7, 11) is 0. The van der Waals surface area contributed by atoms with Crippen LogP contribution in [0.1, 0.15) is 87.8 Å². The van der Waals surface area contributed by atoms with Crippen molar-refractivity contribution in [2.45, 2.75) is 72.0 Å². The van der Waals surface area contributed by atoms with E-state index >= 15 is 0 Å². The molecule has 0 heterocycles. The second-order valence-electron chi connectivity index (χ2n) is 11.2. The number of halogens is 1. The lowest BCUT2D eigenvalue weighted by atomic mass is 9.69. The molecule has 2 aromatic rings. The highest BCUT2D eigenvalue weighted by Gasteiger charge is 2.44. The van der Waals surface area contributed by atoms with Crippen molar-refractivity contribution in [3.63, 3.8) is 0 Å². The number of benzene rings is 2. The molecule has 2 aromatic carbocycles. The number of hydrogen-bond donors (Lipinski definition) is 4. The summed E-state index contributed by atoms with van der Waals surface area (Å²) in [5.74, 6) is 5.07. The van der Waals surface area contributed by atoms with Gasteiger partial charge < -0.3 is 10.6 Å². The molecule has 0 saturated heterocycles. The Morgan fingerprint density at radius 3 is 2.33 bits per heavy atom. The number of hydrazone groups is 1. The van der Waals surface area contributed by atoms with E-state index in [0.29, 0.717) is 16.5 Å². The molecule has 1 aliphatic rings. The number of hydrogen-bond acceptors (Lipinski definition) is 6. The van der Waals surface area contributed by atoms with Crippen LogP contribution in [0.5, 0.6) is 0 Å². The molecule has 1 fully saturated rings. The molecule has 1 atom stereocenters. The van der Waals surface area contributed by atoms with Gasteiger partial charge in [0.1, 0.15) is 5.66 Å². The predicted octanol–water partition coefficient (Wildman–Crippen LogP) is 4.72. The quantitative estimate of drug-likeness (QED) is 0.123. The van der Waals surface area contributed by atoms with Gasteiger partial charge >= 0.3 is 0 Å². The Morgan fingerprint density at radius 2 is 1.79 bits per heavy atom. The third kappa shape index (κ3) is 7.36. The van der Waals surface area contributed by atoms with E-state index in [1.165, 1.54) is 0 Å². The van der Waals surface area contributed by atoms with E-state index in [4.69, 9.17) is 28.2 Å². The van der Waals surface area contributed by atoms with Gasteiger partial charge in [0, 0.05) is 16.3 Å². The second kappa shape index (κ2) is 12.6. The third-order valence-electron chi connectivity index (χ3n) is 7.72. The lowest BCUT2D eigenvalue weighted by Crippen LogP contribution is -2.51. The summed E-state index contributed by atoms with van der Waals surface area (Å²) in [6, 6.07) is 14.4. The topological polar surface area (TPSA) is 138 Å². The van der Waals surface area contributed by atoms with Crippen LogP contribution in [0.2, 0.25) is 5.02 Å². The SMILES string of the molecule is C/C(=N\C1(N(C=O)[C@H](C)c2ccc(C(=O)N/C(N)=N/NN)cc2)CCC(C(C)(C)C)CC1)c1cccc(Cl)c1. The lowest BCUT2D eigenvalue weighted by Gasteiger charge is -2.48. The van der Waals surface area contributed by atoms with Crippen molar-refractivity contribution < 1.29 is 9.59 Å². The molecule has 1 saturated carbocycles. The van der Waals surface area contributed by atoms with Gasteiger partial charge in [0.15, 0.2) is 0 Å². The molecule has 3 rings (SSSR count). The van der Waals surface area contributed by atoms with E-state index in [1.54, 1.807) is 12.1 Å². The average molecular weight is 554 g/mol. The highest BCUT2D eigenvalue weighted by Crippen LogP contribution is 2.46. The first-order valence-corrected chi connectivity index (χ1v) is 13.5. The summed E-state index contributed by atoms with van der Waals surface area (Å²) in [5, 5.41) is 6.62. The highest BCUT2D eigenvalue weighted by molar-refractivity contribution is 6.31. The smallest absolute Gasteiger partial charge is 0.257 e. The van der Waals surface area contributed by atoms with Crippen molar-refractivity contribution >= 4 is 35.6 Å². The summed E-state index contributed by atoms with van der Waals surface area (Å²) in [6.07, 6.45) is 4.35. The van der Waals surface area contributed by atoms with Gasteiger partial charge in [-0.15, -0.1) is 5.10 Å². The third-order valence-corrected chi connectivity index (χ3v) is 7.96. The minimum atomic E-state index is -0.703. The van der Waals surface area contributed by atoms with Gasteiger partial charge in [-0.25, -0.2) is 11.4 Å². The van der Waals surface area contributed by atoms with E-state index in [2.05, 4.69) is 31.2 Å². The van der Waals surface area contributed by atoms with Crippen LogP contribution in [0, 0.1) is 11.3 Å². The minimum absolute atomic E-state index is 0.146. The molecular formula is C29H40ClN7O2. The molecule has 0 bridgehead atoms. The van der Waals surface area contributed by atoms with Crippen LogP contribution in [0.4, 0.5) is 0 Å². The maximum Gasteiger partial charge on any atom is 0.257 e. The number of nitrogens with zero attached hydrogens (tertiary/aromatic N) is 3. The number of guanidine groups is 1. The van der Waals surface area contributed by atoms with E-state index < -0.39 is 11.6 Å². The van der Waals surface area contributed by atoms with Crippen LogP contribution in [-0.4, -0.2) is 34.6 Å². The molecule has 0 radical (unpaired) electrons. The van der Waals surface area contributed by atoms with Crippen molar-refractivity contribution in [3.05, 3.63) is 70.2 Å². The Kier molecular flexibility index (Phi) is 9.74. The zero-order chi connectivity index (χ0) is 28.8. The monoisotopic (exact) mass is 553 g/mol. The van der Waals surface area contributed by atoms with Crippen molar-refractivity contribution in [2.75, 3.05) is 0 Å². The van der Waals surface area contributed by atoms with E-state index in [-0.39, 0.29) is 17.4 Å². The van der Waals surface area contributed by atoms with Crippen molar-refractivity contribution in [1.29, 1.82) is 0 Å². The number of amides is 2. The molecule has 9 nitrogen and oxygen atoms in total. The molecule has 0 aromatic heterocycles. The number of rotatable bonds is 8. The number of nitrogens with two attached hydrogens (primary N) is 2. The average Bonchev–Trinajstić information content (AvgIpc) is 2.89. The van der Waals surface area contributed by atoms with E-state index in [9.17, 15) is 9.59 Å². The molecular weight excluding hydrogens is 514 g/mol. The number of carbonyl (C=O) groups is 2. The summed E-state index contributed by atoms with van der Waals surface area (Å²) < 4.78 is 0. The molecule has 1 aliphatic carbocycles. The van der Waals surface area contributed by atoms with Gasteiger partial charge in [0.05, 0.1) is 6.04 Å². The van der Waals surface area contributed by atoms with Crippen molar-refractivity contribution in [1.82, 2.24) is 15.8 Å². The first-order valence-electron chi connectivity index (χ1n) is 13.2. The van der Waals surface area contributed by atoms with Gasteiger partial charge in [-0.3, -0.25) is 19.9 Å². The molecule has 10 heteroatoms. The van der Waals surface area contributed by atoms with Crippen LogP contribution >= 0.6 is 11.6 Å². The van der Waals surface area contributed by atoms with Gasteiger partial charge in [-0.2, -0.15) is 0 Å². The van der Waals surface area contributed by atoms with Crippen LogP contribution in [0.25, 0.3) is 0 Å².